The van der Waals surface area contributed by atoms with Gasteiger partial charge in [-0.25, -0.2) is 0 Å². The minimum atomic E-state index is 0.214. The van der Waals surface area contributed by atoms with Crippen LogP contribution in [0, 0.1) is 0 Å². The number of aromatic hydroxyl groups is 1. The molecule has 0 radical (unpaired) electrons. The zero-order valence-electron chi connectivity index (χ0n) is 11.2. The number of phenolic OH excluding ortho intramolecular Hbond substituents is 1. The van der Waals surface area contributed by atoms with Crippen LogP contribution < -0.4 is 0 Å². The number of hydrogen-bond donors (Lipinski definition) is 1. The second-order valence-corrected chi connectivity index (χ2v) is 5.72. The average Bonchev–Trinajstić information content (AvgIpc) is 2.81. The van der Waals surface area contributed by atoms with Gasteiger partial charge >= 0.3 is 0 Å². The van der Waals surface area contributed by atoms with E-state index in [1.54, 1.807) is 28.8 Å². The third-order valence-corrected chi connectivity index (χ3v) is 4.34. The number of hydrogen-bond acceptors (Lipinski definition) is 4. The maximum atomic E-state index is 9.36. The summed E-state index contributed by atoms with van der Waals surface area (Å²) in [4.78, 5) is 0. The van der Waals surface area contributed by atoms with Crippen molar-refractivity contribution < 1.29 is 5.11 Å². The molecule has 3 aromatic rings. The highest BCUT2D eigenvalue weighted by molar-refractivity contribution is 6.30. The van der Waals surface area contributed by atoms with E-state index in [-0.39, 0.29) is 5.75 Å². The molecule has 1 aliphatic carbocycles. The molecule has 21 heavy (non-hydrogen) atoms. The molecule has 5 nitrogen and oxygen atoms in total. The Morgan fingerprint density at radius 1 is 1.14 bits per heavy atom. The number of fused-ring (bicyclic) bond motifs is 1. The fraction of sp³-hybridized carbons (Fsp3) is 0.267. The smallest absolute Gasteiger partial charge is 0.185 e. The van der Waals surface area contributed by atoms with Crippen molar-refractivity contribution in [2.75, 3.05) is 0 Å². The van der Waals surface area contributed by atoms with E-state index in [2.05, 4.69) is 15.3 Å². The van der Waals surface area contributed by atoms with Gasteiger partial charge in [0.25, 0.3) is 0 Å². The molecule has 2 aromatic heterocycles. The van der Waals surface area contributed by atoms with Gasteiger partial charge in [0.15, 0.2) is 16.6 Å². The second-order valence-electron chi connectivity index (χ2n) is 5.36. The Hall–Kier alpha value is -2.14. The summed E-state index contributed by atoms with van der Waals surface area (Å²) in [6.45, 7) is 0. The monoisotopic (exact) mass is 300 g/mol. The van der Waals surface area contributed by atoms with Gasteiger partial charge in [0.1, 0.15) is 5.75 Å². The summed E-state index contributed by atoms with van der Waals surface area (Å²) in [5.41, 5.74) is 2.60. The molecule has 0 unspecified atom stereocenters. The van der Waals surface area contributed by atoms with Gasteiger partial charge < -0.3 is 5.11 Å². The maximum Gasteiger partial charge on any atom is 0.185 e. The molecule has 4 rings (SSSR count). The Bertz CT molecular complexity index is 808. The predicted octanol–water partition coefficient (Wildman–Crippen LogP) is 3.42. The summed E-state index contributed by atoms with van der Waals surface area (Å²) in [5, 5.41) is 22.7. The quantitative estimate of drug-likeness (QED) is 0.787. The van der Waals surface area contributed by atoms with E-state index in [1.807, 2.05) is 6.07 Å². The van der Waals surface area contributed by atoms with E-state index in [0.29, 0.717) is 22.5 Å². The highest BCUT2D eigenvalue weighted by Gasteiger charge is 2.24. The third kappa shape index (κ3) is 2.05. The highest BCUT2D eigenvalue weighted by Crippen LogP contribution is 2.39. The van der Waals surface area contributed by atoms with Crippen LogP contribution in [0.15, 0.2) is 30.3 Å². The number of aromatic nitrogens is 4. The van der Waals surface area contributed by atoms with Crippen molar-refractivity contribution in [2.24, 2.45) is 0 Å². The fourth-order valence-electron chi connectivity index (χ4n) is 2.62. The van der Waals surface area contributed by atoms with Crippen LogP contribution in [0.5, 0.6) is 5.75 Å². The molecule has 0 saturated heterocycles. The van der Waals surface area contributed by atoms with E-state index in [9.17, 15) is 5.11 Å². The fourth-order valence-corrected chi connectivity index (χ4v) is 2.91. The first-order chi connectivity index (χ1) is 10.2. The Morgan fingerprint density at radius 3 is 2.57 bits per heavy atom. The Labute approximate surface area is 126 Å². The zero-order valence-corrected chi connectivity index (χ0v) is 12.0. The molecule has 1 N–H and O–H groups in total. The molecule has 2 heterocycles. The van der Waals surface area contributed by atoms with Crippen molar-refractivity contribution in [3.63, 3.8) is 0 Å². The Kier molecular flexibility index (Phi) is 2.82. The minimum Gasteiger partial charge on any atom is -0.508 e. The van der Waals surface area contributed by atoms with Crippen LogP contribution >= 0.6 is 11.6 Å². The lowest BCUT2D eigenvalue weighted by molar-refractivity contribution is 0.418. The van der Waals surface area contributed by atoms with Gasteiger partial charge in [0, 0.05) is 5.56 Å². The van der Waals surface area contributed by atoms with E-state index in [0.717, 1.165) is 24.0 Å². The number of halogens is 1. The molecule has 0 spiro atoms. The average molecular weight is 301 g/mol. The van der Waals surface area contributed by atoms with Gasteiger partial charge in [0.05, 0.1) is 0 Å². The van der Waals surface area contributed by atoms with Crippen LogP contribution in [-0.2, 0) is 0 Å². The SMILES string of the molecule is Oc1ccc(-c2nnc3cc(C4CCC4)c(Cl)nn23)cc1. The molecule has 0 aliphatic heterocycles. The first-order valence-electron chi connectivity index (χ1n) is 6.93. The van der Waals surface area contributed by atoms with Gasteiger partial charge in [-0.3, -0.25) is 0 Å². The van der Waals surface area contributed by atoms with Crippen molar-refractivity contribution in [3.05, 3.63) is 41.0 Å². The molecule has 0 atom stereocenters. The molecule has 1 saturated carbocycles. The van der Waals surface area contributed by atoms with Gasteiger partial charge in [-0.05, 0) is 54.7 Å². The number of rotatable bonds is 2. The molecule has 1 fully saturated rings. The molecule has 0 amide bonds. The molecule has 1 aliphatic rings. The zero-order chi connectivity index (χ0) is 14.4. The summed E-state index contributed by atoms with van der Waals surface area (Å²) >= 11 is 6.32. The summed E-state index contributed by atoms with van der Waals surface area (Å²) in [5.74, 6) is 1.33. The number of nitrogens with zero attached hydrogens (tertiary/aromatic N) is 4. The van der Waals surface area contributed by atoms with Crippen LogP contribution in [0.2, 0.25) is 5.15 Å². The number of benzene rings is 1. The van der Waals surface area contributed by atoms with Gasteiger partial charge in [0.2, 0.25) is 0 Å². The first-order valence-corrected chi connectivity index (χ1v) is 7.31. The van der Waals surface area contributed by atoms with Gasteiger partial charge in [-0.1, -0.05) is 18.0 Å². The van der Waals surface area contributed by atoms with E-state index in [1.165, 1.54) is 6.42 Å². The standard InChI is InChI=1S/C15H13ClN4O/c16-14-12(9-2-1-3-9)8-13-17-18-15(20(13)19-14)10-4-6-11(21)7-5-10/h4-9,21H,1-3H2. The molecule has 6 heteroatoms. The predicted molar refractivity (Wildman–Crippen MR) is 79.5 cm³/mol. The van der Waals surface area contributed by atoms with Crippen LogP contribution in [-0.4, -0.2) is 24.9 Å². The first kappa shape index (κ1) is 12.6. The van der Waals surface area contributed by atoms with E-state index < -0.39 is 0 Å². The second kappa shape index (κ2) is 4.70. The molecule has 1 aromatic carbocycles. The maximum absolute atomic E-state index is 9.36. The molecule has 106 valence electrons. The lowest BCUT2D eigenvalue weighted by atomic mass is 9.81. The topological polar surface area (TPSA) is 63.3 Å². The lowest BCUT2D eigenvalue weighted by Crippen LogP contribution is -2.11. The lowest BCUT2D eigenvalue weighted by Gasteiger charge is -2.25. The Balaban J connectivity index is 1.84. The summed E-state index contributed by atoms with van der Waals surface area (Å²) in [6, 6.07) is 8.76. The van der Waals surface area contributed by atoms with Crippen LogP contribution in [0.4, 0.5) is 0 Å². The molecular formula is C15H13ClN4O. The third-order valence-electron chi connectivity index (χ3n) is 4.05. The minimum absolute atomic E-state index is 0.214. The largest absolute Gasteiger partial charge is 0.508 e. The van der Waals surface area contributed by atoms with Crippen LogP contribution in [0.1, 0.15) is 30.7 Å². The number of phenols is 1. The highest BCUT2D eigenvalue weighted by atomic mass is 35.5. The normalized spacial score (nSPS) is 15.3. The van der Waals surface area contributed by atoms with E-state index in [4.69, 9.17) is 11.6 Å². The van der Waals surface area contributed by atoms with E-state index >= 15 is 0 Å². The van der Waals surface area contributed by atoms with Crippen LogP contribution in [0.3, 0.4) is 0 Å². The van der Waals surface area contributed by atoms with Crippen molar-refractivity contribution in [2.45, 2.75) is 25.2 Å². The molecular weight excluding hydrogens is 288 g/mol. The molecule has 0 bridgehead atoms. The van der Waals surface area contributed by atoms with Crippen molar-refractivity contribution in [1.29, 1.82) is 0 Å². The van der Waals surface area contributed by atoms with Gasteiger partial charge in [-0.15, -0.1) is 10.2 Å². The van der Waals surface area contributed by atoms with Gasteiger partial charge in [-0.2, -0.15) is 9.61 Å². The van der Waals surface area contributed by atoms with Crippen molar-refractivity contribution in [1.82, 2.24) is 19.8 Å². The van der Waals surface area contributed by atoms with Crippen molar-refractivity contribution in [3.8, 4) is 17.1 Å². The summed E-state index contributed by atoms with van der Waals surface area (Å²) < 4.78 is 1.65. The summed E-state index contributed by atoms with van der Waals surface area (Å²) in [6.07, 6.45) is 3.57. The van der Waals surface area contributed by atoms with Crippen molar-refractivity contribution >= 4 is 17.2 Å². The Morgan fingerprint density at radius 2 is 1.90 bits per heavy atom. The summed E-state index contributed by atoms with van der Waals surface area (Å²) in [7, 11) is 0. The van der Waals surface area contributed by atoms with Crippen LogP contribution in [0.25, 0.3) is 17.0 Å².